The van der Waals surface area contributed by atoms with Crippen molar-refractivity contribution in [2.24, 2.45) is 11.8 Å². The van der Waals surface area contributed by atoms with Crippen LogP contribution >= 0.6 is 0 Å². The highest BCUT2D eigenvalue weighted by molar-refractivity contribution is 7.89. The molecule has 0 bridgehead atoms. The molecule has 0 radical (unpaired) electrons. The van der Waals surface area contributed by atoms with Crippen LogP contribution in [0, 0.1) is 11.8 Å². The monoisotopic (exact) mass is 454 g/mol. The van der Waals surface area contributed by atoms with Gasteiger partial charge in [0.05, 0.1) is 4.90 Å². The molecule has 2 aromatic carbocycles. The van der Waals surface area contributed by atoms with Crippen molar-refractivity contribution in [2.45, 2.75) is 56.8 Å². The Labute approximate surface area is 192 Å². The van der Waals surface area contributed by atoms with Crippen molar-refractivity contribution in [1.82, 2.24) is 9.62 Å². The lowest BCUT2D eigenvalue weighted by molar-refractivity contribution is -0.126. The zero-order valence-corrected chi connectivity index (χ0v) is 19.9. The zero-order chi connectivity index (χ0) is 22.7. The van der Waals surface area contributed by atoms with Crippen LogP contribution in [-0.4, -0.2) is 38.3 Å². The van der Waals surface area contributed by atoms with Crippen molar-refractivity contribution in [3.63, 3.8) is 0 Å². The molecular weight excluding hydrogens is 420 g/mol. The Bertz CT molecular complexity index is 1040. The number of nitrogens with one attached hydrogen (secondary N) is 1. The van der Waals surface area contributed by atoms with Gasteiger partial charge in [0, 0.05) is 31.5 Å². The van der Waals surface area contributed by atoms with Crippen molar-refractivity contribution in [2.75, 3.05) is 19.6 Å². The molecule has 1 aliphatic carbocycles. The van der Waals surface area contributed by atoms with Gasteiger partial charge in [0.25, 0.3) is 0 Å². The van der Waals surface area contributed by atoms with Crippen LogP contribution in [0.4, 0.5) is 0 Å². The molecule has 0 spiro atoms. The van der Waals surface area contributed by atoms with Crippen molar-refractivity contribution < 1.29 is 13.2 Å². The fourth-order valence-electron chi connectivity index (χ4n) is 5.01. The minimum Gasteiger partial charge on any atom is -0.355 e. The number of benzene rings is 2. The molecule has 1 saturated heterocycles. The fourth-order valence-corrected chi connectivity index (χ4v) is 6.53. The summed E-state index contributed by atoms with van der Waals surface area (Å²) in [6, 6.07) is 15.9. The van der Waals surface area contributed by atoms with Gasteiger partial charge < -0.3 is 5.32 Å². The number of fused-ring (bicyclic) bond motifs is 1. The Morgan fingerprint density at radius 2 is 1.72 bits per heavy atom. The van der Waals surface area contributed by atoms with Crippen LogP contribution in [0.25, 0.3) is 0 Å². The van der Waals surface area contributed by atoms with Crippen LogP contribution in [0.15, 0.2) is 53.4 Å². The van der Waals surface area contributed by atoms with E-state index in [2.05, 4.69) is 31.3 Å². The minimum absolute atomic E-state index is 0.0427. The van der Waals surface area contributed by atoms with Crippen molar-refractivity contribution in [3.8, 4) is 0 Å². The van der Waals surface area contributed by atoms with E-state index in [4.69, 9.17) is 0 Å². The van der Waals surface area contributed by atoms with Gasteiger partial charge in [-0.15, -0.1) is 0 Å². The minimum atomic E-state index is -3.50. The van der Waals surface area contributed by atoms with Crippen LogP contribution in [-0.2, 0) is 27.7 Å². The third-order valence-corrected chi connectivity index (χ3v) is 8.96. The van der Waals surface area contributed by atoms with Gasteiger partial charge >= 0.3 is 0 Å². The van der Waals surface area contributed by atoms with Gasteiger partial charge in [0.15, 0.2) is 0 Å². The second-order valence-electron chi connectivity index (χ2n) is 9.47. The summed E-state index contributed by atoms with van der Waals surface area (Å²) >= 11 is 0. The first-order valence-corrected chi connectivity index (χ1v) is 13.2. The Morgan fingerprint density at radius 3 is 2.41 bits per heavy atom. The third kappa shape index (κ3) is 4.91. The lowest BCUT2D eigenvalue weighted by atomic mass is 9.88. The summed E-state index contributed by atoms with van der Waals surface area (Å²) < 4.78 is 27.8. The van der Waals surface area contributed by atoms with Crippen LogP contribution < -0.4 is 5.32 Å². The van der Waals surface area contributed by atoms with E-state index in [-0.39, 0.29) is 17.7 Å². The van der Waals surface area contributed by atoms with E-state index in [1.165, 1.54) is 16.7 Å². The maximum atomic E-state index is 13.1. The highest BCUT2D eigenvalue weighted by atomic mass is 32.2. The van der Waals surface area contributed by atoms with E-state index in [9.17, 15) is 13.2 Å². The quantitative estimate of drug-likeness (QED) is 0.684. The normalized spacial score (nSPS) is 18.5. The van der Waals surface area contributed by atoms with Gasteiger partial charge in [-0.3, -0.25) is 4.79 Å². The molecule has 5 nitrogen and oxygen atoms in total. The number of carbonyl (C=O) groups is 1. The van der Waals surface area contributed by atoms with Gasteiger partial charge in [0.2, 0.25) is 15.9 Å². The van der Waals surface area contributed by atoms with Crippen molar-refractivity contribution in [1.29, 1.82) is 0 Å². The summed E-state index contributed by atoms with van der Waals surface area (Å²) in [6.07, 6.45) is 4.22. The summed E-state index contributed by atoms with van der Waals surface area (Å²) in [5.41, 5.74) is 3.67. The number of aryl methyl sites for hydroxylation is 2. The van der Waals surface area contributed by atoms with Crippen LogP contribution in [0.1, 0.15) is 55.7 Å². The highest BCUT2D eigenvalue weighted by Crippen LogP contribution is 2.29. The summed E-state index contributed by atoms with van der Waals surface area (Å²) in [6.45, 7) is 5.74. The first-order valence-electron chi connectivity index (χ1n) is 11.8. The number of piperidine rings is 1. The van der Waals surface area contributed by atoms with E-state index in [1.807, 2.05) is 30.3 Å². The average Bonchev–Trinajstić information content (AvgIpc) is 3.28. The predicted molar refractivity (Wildman–Crippen MR) is 127 cm³/mol. The summed E-state index contributed by atoms with van der Waals surface area (Å²) in [7, 11) is -3.50. The average molecular weight is 455 g/mol. The number of rotatable bonds is 7. The molecule has 6 heteroatoms. The first-order chi connectivity index (χ1) is 15.4. The largest absolute Gasteiger partial charge is 0.355 e. The number of carbonyl (C=O) groups excluding carboxylic acids is 1. The number of amides is 1. The first kappa shape index (κ1) is 23.0. The molecule has 1 unspecified atom stereocenters. The van der Waals surface area contributed by atoms with Crippen molar-refractivity contribution in [3.05, 3.63) is 65.2 Å². The molecule has 1 fully saturated rings. The summed E-state index contributed by atoms with van der Waals surface area (Å²) in [5, 5.41) is 3.14. The smallest absolute Gasteiger partial charge is 0.243 e. The number of hydrogen-bond donors (Lipinski definition) is 1. The molecule has 2 aromatic rings. The van der Waals surface area contributed by atoms with Crippen LogP contribution in [0.2, 0.25) is 0 Å². The molecule has 2 aliphatic rings. The molecule has 1 N–H and O–H groups in total. The van der Waals surface area contributed by atoms with E-state index < -0.39 is 10.0 Å². The molecule has 1 aliphatic heterocycles. The maximum absolute atomic E-state index is 13.1. The Hall–Kier alpha value is -2.18. The molecule has 1 heterocycles. The van der Waals surface area contributed by atoms with Crippen LogP contribution in [0.3, 0.4) is 0 Å². The van der Waals surface area contributed by atoms with Gasteiger partial charge in [-0.25, -0.2) is 8.42 Å². The fraction of sp³-hybridized carbons (Fsp3) is 0.500. The van der Waals surface area contributed by atoms with E-state index in [1.54, 1.807) is 10.4 Å². The standard InChI is InChI=1S/C26H34N2O3S/c1-19(2)25(21-7-4-3-5-8-21)18-27-26(29)22-13-15-28(16-14-22)32(30,31)24-12-11-20-9-6-10-23(20)17-24/h3-5,7-8,11-12,17,19,22,25H,6,9-10,13-16,18H2,1-2H3,(H,27,29). The molecule has 0 aromatic heterocycles. The van der Waals surface area contributed by atoms with E-state index in [0.717, 1.165) is 19.3 Å². The summed E-state index contributed by atoms with van der Waals surface area (Å²) in [4.78, 5) is 13.2. The zero-order valence-electron chi connectivity index (χ0n) is 19.1. The maximum Gasteiger partial charge on any atom is 0.243 e. The van der Waals surface area contributed by atoms with Gasteiger partial charge in [0.1, 0.15) is 0 Å². The van der Waals surface area contributed by atoms with E-state index >= 15 is 0 Å². The molecule has 32 heavy (non-hydrogen) atoms. The van der Waals surface area contributed by atoms with E-state index in [0.29, 0.717) is 43.3 Å². The highest BCUT2D eigenvalue weighted by Gasteiger charge is 2.33. The molecule has 0 saturated carbocycles. The summed E-state index contributed by atoms with van der Waals surface area (Å²) in [5.74, 6) is 0.587. The molecular formula is C26H34N2O3S. The van der Waals surface area contributed by atoms with Gasteiger partial charge in [-0.05, 0) is 66.8 Å². The number of nitrogens with zero attached hydrogens (tertiary/aromatic N) is 1. The molecule has 4 rings (SSSR count). The SMILES string of the molecule is CC(C)C(CNC(=O)C1CCN(S(=O)(=O)c2ccc3c(c2)CCC3)CC1)c1ccccc1. The Balaban J connectivity index is 1.33. The second kappa shape index (κ2) is 9.75. The molecule has 1 amide bonds. The van der Waals surface area contributed by atoms with Crippen LogP contribution in [0.5, 0.6) is 0 Å². The Kier molecular flexibility index (Phi) is 7.01. The van der Waals surface area contributed by atoms with Crippen molar-refractivity contribution >= 4 is 15.9 Å². The Morgan fingerprint density at radius 1 is 1.03 bits per heavy atom. The predicted octanol–water partition coefficient (Wildman–Crippen LogP) is 4.13. The van der Waals surface area contributed by atoms with Gasteiger partial charge in [-0.1, -0.05) is 50.2 Å². The number of hydrogen-bond acceptors (Lipinski definition) is 3. The lowest BCUT2D eigenvalue weighted by Crippen LogP contribution is -2.43. The molecule has 1 atom stereocenters. The molecule has 172 valence electrons. The van der Waals surface area contributed by atoms with Gasteiger partial charge in [-0.2, -0.15) is 4.31 Å². The third-order valence-electron chi connectivity index (χ3n) is 7.06. The lowest BCUT2D eigenvalue weighted by Gasteiger charge is -2.31. The topological polar surface area (TPSA) is 66.5 Å². The number of sulfonamides is 1. The second-order valence-corrected chi connectivity index (χ2v) is 11.4.